The fourth-order valence-corrected chi connectivity index (χ4v) is 3.44. The van der Waals surface area contributed by atoms with E-state index in [9.17, 15) is 18.4 Å². The van der Waals surface area contributed by atoms with Gasteiger partial charge in [0.2, 0.25) is 5.91 Å². The molecule has 28 heavy (non-hydrogen) atoms. The highest BCUT2D eigenvalue weighted by molar-refractivity contribution is 5.97. The fourth-order valence-electron chi connectivity index (χ4n) is 3.44. The molecule has 2 rings (SSSR count). The number of likely N-dealkylation sites (tertiary alicyclic amines) is 1. The number of nitrogens with one attached hydrogen (secondary N) is 1. The van der Waals surface area contributed by atoms with Crippen molar-refractivity contribution in [3.05, 3.63) is 23.8 Å². The number of ether oxygens (including phenoxy) is 2. The predicted molar refractivity (Wildman–Crippen MR) is 101 cm³/mol. The molecular weight excluding hydrogens is 370 g/mol. The minimum Gasteiger partial charge on any atom is -0.493 e. The van der Waals surface area contributed by atoms with E-state index in [1.807, 2.05) is 4.90 Å². The van der Waals surface area contributed by atoms with Gasteiger partial charge >= 0.3 is 6.61 Å². The van der Waals surface area contributed by atoms with Crippen LogP contribution < -0.4 is 14.8 Å². The smallest absolute Gasteiger partial charge is 0.387 e. The number of rotatable bonds is 7. The van der Waals surface area contributed by atoms with E-state index >= 15 is 0 Å². The van der Waals surface area contributed by atoms with E-state index in [0.717, 1.165) is 19.3 Å². The monoisotopic (exact) mass is 398 g/mol. The third-order valence-electron chi connectivity index (χ3n) is 4.59. The summed E-state index contributed by atoms with van der Waals surface area (Å²) in [5.41, 5.74) is 0.314. The summed E-state index contributed by atoms with van der Waals surface area (Å²) in [5, 5.41) is 2.60. The molecule has 1 aliphatic rings. The van der Waals surface area contributed by atoms with Crippen molar-refractivity contribution in [1.82, 2.24) is 10.2 Å². The molecule has 0 aliphatic carbocycles. The van der Waals surface area contributed by atoms with E-state index in [1.165, 1.54) is 25.3 Å². The zero-order chi connectivity index (χ0) is 20.9. The van der Waals surface area contributed by atoms with E-state index in [-0.39, 0.29) is 41.0 Å². The van der Waals surface area contributed by atoms with Crippen molar-refractivity contribution in [1.29, 1.82) is 0 Å². The maximum atomic E-state index is 12.6. The SMILES string of the molecule is COc1cc(C(=O)NCC(=O)N2CCCC2CC(C)(C)C)ccc1OC(F)F. The molecule has 1 unspecified atom stereocenters. The van der Waals surface area contributed by atoms with Crippen LogP contribution in [0.15, 0.2) is 18.2 Å². The van der Waals surface area contributed by atoms with Crippen LogP contribution >= 0.6 is 0 Å². The van der Waals surface area contributed by atoms with Crippen molar-refractivity contribution in [3.8, 4) is 11.5 Å². The number of carbonyl (C=O) groups is 2. The summed E-state index contributed by atoms with van der Waals surface area (Å²) in [7, 11) is 1.29. The molecule has 0 saturated carbocycles. The molecule has 1 fully saturated rings. The minimum atomic E-state index is -2.99. The lowest BCUT2D eigenvalue weighted by Gasteiger charge is -2.30. The first-order valence-electron chi connectivity index (χ1n) is 9.31. The van der Waals surface area contributed by atoms with E-state index in [1.54, 1.807) is 0 Å². The normalized spacial score (nSPS) is 17.0. The van der Waals surface area contributed by atoms with Gasteiger partial charge in [-0.3, -0.25) is 9.59 Å². The van der Waals surface area contributed by atoms with E-state index < -0.39 is 12.5 Å². The second-order valence-corrected chi connectivity index (χ2v) is 8.07. The number of hydrogen-bond acceptors (Lipinski definition) is 4. The van der Waals surface area contributed by atoms with Gasteiger partial charge in [-0.2, -0.15) is 8.78 Å². The Balaban J connectivity index is 1.97. The first-order valence-corrected chi connectivity index (χ1v) is 9.31. The van der Waals surface area contributed by atoms with Crippen molar-refractivity contribution < 1.29 is 27.8 Å². The van der Waals surface area contributed by atoms with Crippen LogP contribution in [-0.4, -0.2) is 49.6 Å². The Morgan fingerprint density at radius 1 is 1.29 bits per heavy atom. The highest BCUT2D eigenvalue weighted by Crippen LogP contribution is 2.30. The first kappa shape index (κ1) is 21.9. The molecule has 8 heteroatoms. The molecule has 2 amide bonds. The van der Waals surface area contributed by atoms with Crippen LogP contribution in [0.5, 0.6) is 11.5 Å². The molecule has 1 heterocycles. The van der Waals surface area contributed by atoms with Crippen molar-refractivity contribution in [3.63, 3.8) is 0 Å². The van der Waals surface area contributed by atoms with Gasteiger partial charge in [0.25, 0.3) is 5.91 Å². The van der Waals surface area contributed by atoms with Crippen LogP contribution in [0.3, 0.4) is 0 Å². The summed E-state index contributed by atoms with van der Waals surface area (Å²) in [4.78, 5) is 26.7. The summed E-state index contributed by atoms with van der Waals surface area (Å²) in [6.45, 7) is 4.02. The standard InChI is InChI=1S/C20H28F2N2O4/c1-20(2,3)11-14-6-5-9-24(14)17(25)12-23-18(26)13-7-8-15(28-19(21)22)16(10-13)27-4/h7-8,10,14,19H,5-6,9,11-12H2,1-4H3,(H,23,26). The fraction of sp³-hybridized carbons (Fsp3) is 0.600. The Kier molecular flexibility index (Phi) is 7.21. The number of carbonyl (C=O) groups excluding carboxylic acids is 2. The average Bonchev–Trinajstić information content (AvgIpc) is 3.05. The van der Waals surface area contributed by atoms with Crippen LogP contribution in [0.2, 0.25) is 0 Å². The second kappa shape index (κ2) is 9.21. The topological polar surface area (TPSA) is 67.9 Å². The number of halogens is 2. The number of alkyl halides is 2. The van der Waals surface area contributed by atoms with Crippen molar-refractivity contribution >= 4 is 11.8 Å². The largest absolute Gasteiger partial charge is 0.493 e. The van der Waals surface area contributed by atoms with E-state index in [4.69, 9.17) is 4.74 Å². The molecule has 1 N–H and O–H groups in total. The molecule has 0 aromatic heterocycles. The molecule has 1 aliphatic heterocycles. The Morgan fingerprint density at radius 2 is 2.00 bits per heavy atom. The lowest BCUT2D eigenvalue weighted by Crippen LogP contribution is -2.43. The van der Waals surface area contributed by atoms with Gasteiger partial charge in [-0.25, -0.2) is 0 Å². The lowest BCUT2D eigenvalue weighted by atomic mass is 9.87. The van der Waals surface area contributed by atoms with E-state index in [2.05, 4.69) is 30.8 Å². The maximum Gasteiger partial charge on any atom is 0.387 e. The van der Waals surface area contributed by atoms with Crippen LogP contribution in [0.4, 0.5) is 8.78 Å². The zero-order valence-corrected chi connectivity index (χ0v) is 16.8. The number of nitrogens with zero attached hydrogens (tertiary/aromatic N) is 1. The summed E-state index contributed by atoms with van der Waals surface area (Å²) in [6, 6.07) is 4.07. The minimum absolute atomic E-state index is 0.0176. The molecule has 1 saturated heterocycles. The van der Waals surface area contributed by atoms with Crippen molar-refractivity contribution in [2.24, 2.45) is 5.41 Å². The van der Waals surface area contributed by atoms with E-state index in [0.29, 0.717) is 6.54 Å². The van der Waals surface area contributed by atoms with Gasteiger partial charge in [-0.1, -0.05) is 20.8 Å². The number of methoxy groups -OCH3 is 1. The Morgan fingerprint density at radius 3 is 2.61 bits per heavy atom. The number of benzene rings is 1. The summed E-state index contributed by atoms with van der Waals surface area (Å²) in [5.74, 6) is -0.747. The lowest BCUT2D eigenvalue weighted by molar-refractivity contribution is -0.131. The Bertz CT molecular complexity index is 704. The zero-order valence-electron chi connectivity index (χ0n) is 16.8. The third kappa shape index (κ3) is 6.07. The quantitative estimate of drug-likeness (QED) is 0.764. The molecule has 1 atom stereocenters. The number of hydrogen-bond donors (Lipinski definition) is 1. The van der Waals surface area contributed by atoms with Crippen LogP contribution in [0.25, 0.3) is 0 Å². The molecule has 156 valence electrons. The van der Waals surface area contributed by atoms with Gasteiger partial charge in [0.1, 0.15) is 0 Å². The van der Waals surface area contributed by atoms with Crippen LogP contribution in [0, 0.1) is 5.41 Å². The molecule has 6 nitrogen and oxygen atoms in total. The highest BCUT2D eigenvalue weighted by atomic mass is 19.3. The van der Waals surface area contributed by atoms with Gasteiger partial charge in [-0.05, 0) is 42.9 Å². The van der Waals surface area contributed by atoms with Gasteiger partial charge < -0.3 is 19.7 Å². The van der Waals surface area contributed by atoms with Crippen LogP contribution in [0.1, 0.15) is 50.4 Å². The highest BCUT2D eigenvalue weighted by Gasteiger charge is 2.31. The number of amides is 2. The predicted octanol–water partition coefficient (Wildman–Crippen LogP) is 3.45. The maximum absolute atomic E-state index is 12.6. The third-order valence-corrected chi connectivity index (χ3v) is 4.59. The Hall–Kier alpha value is -2.38. The van der Waals surface area contributed by atoms with Gasteiger partial charge in [0.15, 0.2) is 11.5 Å². The molecule has 1 aromatic carbocycles. The summed E-state index contributed by atoms with van der Waals surface area (Å²) >= 11 is 0. The summed E-state index contributed by atoms with van der Waals surface area (Å²) in [6.07, 6.45) is 2.85. The molecule has 0 radical (unpaired) electrons. The Labute approximate surface area is 164 Å². The van der Waals surface area contributed by atoms with Gasteiger partial charge in [-0.15, -0.1) is 0 Å². The summed E-state index contributed by atoms with van der Waals surface area (Å²) < 4.78 is 34.1. The molecule has 0 spiro atoms. The van der Waals surface area contributed by atoms with Gasteiger partial charge in [0, 0.05) is 18.2 Å². The van der Waals surface area contributed by atoms with Crippen molar-refractivity contribution in [2.45, 2.75) is 52.7 Å². The van der Waals surface area contributed by atoms with Crippen LogP contribution in [-0.2, 0) is 4.79 Å². The second-order valence-electron chi connectivity index (χ2n) is 8.07. The molecule has 0 bridgehead atoms. The average molecular weight is 398 g/mol. The molecular formula is C20H28F2N2O4. The molecule has 1 aromatic rings. The van der Waals surface area contributed by atoms with Crippen molar-refractivity contribution in [2.75, 3.05) is 20.2 Å². The van der Waals surface area contributed by atoms with Gasteiger partial charge in [0.05, 0.1) is 13.7 Å². The first-order chi connectivity index (χ1) is 13.1.